The van der Waals surface area contributed by atoms with Crippen LogP contribution in [0.25, 0.3) is 0 Å². The second-order valence-electron chi connectivity index (χ2n) is 7.95. The number of sulfonamides is 1. The Balaban J connectivity index is 1.99. The number of ether oxygens (including phenoxy) is 1. The molecule has 8 nitrogen and oxygen atoms in total. The van der Waals surface area contributed by atoms with Crippen LogP contribution in [0.5, 0.6) is 5.75 Å². The number of likely N-dealkylation sites (N-methyl/N-ethyl adjacent to an activating group) is 1. The number of amides is 1. The summed E-state index contributed by atoms with van der Waals surface area (Å²) in [6.45, 7) is 4.54. The Kier molecular flexibility index (Phi) is 7.66. The number of benzene rings is 2. The van der Waals surface area contributed by atoms with Gasteiger partial charge in [-0.2, -0.15) is 0 Å². The average molecular weight is 482 g/mol. The van der Waals surface area contributed by atoms with Gasteiger partial charge in [-0.3, -0.25) is 9.52 Å². The first-order valence-corrected chi connectivity index (χ1v) is 12.2. The van der Waals surface area contributed by atoms with Crippen molar-refractivity contribution in [2.45, 2.75) is 30.9 Å². The normalized spacial score (nSPS) is 20.0. The topological polar surface area (TPSA) is 108 Å². The second-order valence-corrected chi connectivity index (χ2v) is 10.1. The summed E-state index contributed by atoms with van der Waals surface area (Å²) in [6, 6.07) is 10.0. The monoisotopic (exact) mass is 481 g/mol. The molecule has 3 atom stereocenters. The zero-order valence-electron chi connectivity index (χ0n) is 18.2. The van der Waals surface area contributed by atoms with Crippen molar-refractivity contribution in [3.63, 3.8) is 0 Å². The van der Waals surface area contributed by atoms with Gasteiger partial charge in [0.05, 0.1) is 23.1 Å². The number of fused-ring (bicyclic) bond motifs is 1. The van der Waals surface area contributed by atoms with Crippen LogP contribution in [0.2, 0.25) is 5.02 Å². The largest absolute Gasteiger partial charge is 0.488 e. The van der Waals surface area contributed by atoms with Crippen LogP contribution in [0, 0.1) is 5.92 Å². The van der Waals surface area contributed by atoms with E-state index in [9.17, 15) is 18.3 Å². The molecule has 32 heavy (non-hydrogen) atoms. The number of halogens is 1. The number of aliphatic hydroxyl groups is 1. The number of nitrogens with zero attached hydrogens (tertiary/aromatic N) is 1. The number of hydrogen-bond acceptors (Lipinski definition) is 6. The van der Waals surface area contributed by atoms with Crippen molar-refractivity contribution in [1.29, 1.82) is 0 Å². The summed E-state index contributed by atoms with van der Waals surface area (Å²) < 4.78 is 34.2. The third-order valence-corrected chi connectivity index (χ3v) is 7.10. The lowest BCUT2D eigenvalue weighted by Crippen LogP contribution is -2.49. The maximum Gasteiger partial charge on any atom is 0.261 e. The Morgan fingerprint density at radius 1 is 1.25 bits per heavy atom. The summed E-state index contributed by atoms with van der Waals surface area (Å²) in [5.74, 6) is 0.0480. The molecule has 0 aliphatic carbocycles. The molecule has 1 aliphatic rings. The minimum atomic E-state index is -3.88. The molecule has 0 radical (unpaired) electrons. The zero-order valence-corrected chi connectivity index (χ0v) is 19.8. The molecule has 3 N–H and O–H groups in total. The van der Waals surface area contributed by atoms with Crippen molar-refractivity contribution < 1.29 is 23.1 Å². The number of carbonyl (C=O) groups is 1. The first kappa shape index (κ1) is 24.3. The van der Waals surface area contributed by atoms with Gasteiger partial charge in [0.15, 0.2) is 0 Å². The number of carbonyl (C=O) groups excluding carboxylic acids is 1. The highest BCUT2D eigenvalue weighted by molar-refractivity contribution is 7.92. The molecular formula is C22H28ClN3O5S. The third-order valence-electron chi connectivity index (χ3n) is 5.45. The molecule has 1 heterocycles. The Morgan fingerprint density at radius 2 is 1.94 bits per heavy atom. The van der Waals surface area contributed by atoms with Crippen molar-refractivity contribution >= 4 is 33.2 Å². The number of aliphatic hydroxyl groups excluding tert-OH is 1. The van der Waals surface area contributed by atoms with E-state index in [4.69, 9.17) is 16.3 Å². The van der Waals surface area contributed by atoms with Crippen LogP contribution < -0.4 is 14.8 Å². The van der Waals surface area contributed by atoms with Gasteiger partial charge in [-0.25, -0.2) is 8.42 Å². The average Bonchev–Trinajstić information content (AvgIpc) is 2.76. The molecule has 10 heteroatoms. The van der Waals surface area contributed by atoms with Gasteiger partial charge < -0.3 is 20.1 Å². The fourth-order valence-corrected chi connectivity index (χ4v) is 4.73. The van der Waals surface area contributed by atoms with Gasteiger partial charge in [0, 0.05) is 29.7 Å². The fraction of sp³-hybridized carbons (Fsp3) is 0.409. The maximum absolute atomic E-state index is 13.4. The number of anilines is 1. The highest BCUT2D eigenvalue weighted by Crippen LogP contribution is 2.31. The lowest BCUT2D eigenvalue weighted by atomic mass is 9.99. The predicted molar refractivity (Wildman–Crippen MR) is 124 cm³/mol. The molecule has 1 amide bonds. The SMILES string of the molecule is CNC[C@@H]1Oc2ccc(NS(=O)(=O)c3ccc(Cl)cc3)cc2C(=O)N([C@H](C)CO)C[C@@H]1C. The van der Waals surface area contributed by atoms with Crippen LogP contribution in [0.3, 0.4) is 0 Å². The summed E-state index contributed by atoms with van der Waals surface area (Å²) in [4.78, 5) is 15.0. The molecule has 0 bridgehead atoms. The second kappa shape index (κ2) is 10.1. The van der Waals surface area contributed by atoms with Crippen LogP contribution in [-0.2, 0) is 10.0 Å². The molecule has 0 unspecified atom stereocenters. The van der Waals surface area contributed by atoms with E-state index in [2.05, 4.69) is 10.0 Å². The molecule has 174 valence electrons. The van der Waals surface area contributed by atoms with E-state index in [-0.39, 0.29) is 40.7 Å². The molecule has 0 saturated heterocycles. The van der Waals surface area contributed by atoms with Crippen molar-refractivity contribution in [2.75, 3.05) is 31.5 Å². The summed E-state index contributed by atoms with van der Waals surface area (Å²) in [5, 5.41) is 13.2. The van der Waals surface area contributed by atoms with E-state index in [1.165, 1.54) is 30.3 Å². The number of nitrogens with one attached hydrogen (secondary N) is 2. The van der Waals surface area contributed by atoms with Crippen molar-refractivity contribution in [3.05, 3.63) is 53.1 Å². The molecule has 0 aromatic heterocycles. The quantitative estimate of drug-likeness (QED) is 0.561. The van der Waals surface area contributed by atoms with Crippen LogP contribution in [0.15, 0.2) is 47.4 Å². The minimum Gasteiger partial charge on any atom is -0.488 e. The van der Waals surface area contributed by atoms with Crippen LogP contribution in [-0.4, -0.2) is 63.2 Å². The Morgan fingerprint density at radius 3 is 2.56 bits per heavy atom. The molecule has 3 rings (SSSR count). The summed E-state index contributed by atoms with van der Waals surface area (Å²) in [5.41, 5.74) is 0.459. The zero-order chi connectivity index (χ0) is 23.5. The summed E-state index contributed by atoms with van der Waals surface area (Å²) in [6.07, 6.45) is -0.211. The number of rotatable bonds is 7. The Bertz CT molecular complexity index is 1060. The van der Waals surface area contributed by atoms with Crippen molar-refractivity contribution in [1.82, 2.24) is 10.2 Å². The van der Waals surface area contributed by atoms with Crippen LogP contribution >= 0.6 is 11.6 Å². The fourth-order valence-electron chi connectivity index (χ4n) is 3.56. The highest BCUT2D eigenvalue weighted by Gasteiger charge is 2.33. The lowest BCUT2D eigenvalue weighted by Gasteiger charge is -2.37. The third kappa shape index (κ3) is 5.35. The van der Waals surface area contributed by atoms with Crippen molar-refractivity contribution in [2.24, 2.45) is 5.92 Å². The first-order valence-electron chi connectivity index (χ1n) is 10.3. The van der Waals surface area contributed by atoms with Gasteiger partial charge in [-0.1, -0.05) is 18.5 Å². The van der Waals surface area contributed by atoms with E-state index >= 15 is 0 Å². The van der Waals surface area contributed by atoms with Gasteiger partial charge in [-0.05, 0) is 56.4 Å². The van der Waals surface area contributed by atoms with E-state index in [0.717, 1.165) is 0 Å². The predicted octanol–water partition coefficient (Wildman–Crippen LogP) is 2.58. The van der Waals surface area contributed by atoms with Crippen molar-refractivity contribution in [3.8, 4) is 5.75 Å². The van der Waals surface area contributed by atoms with Gasteiger partial charge in [0.2, 0.25) is 0 Å². The smallest absolute Gasteiger partial charge is 0.261 e. The maximum atomic E-state index is 13.4. The van der Waals surface area contributed by atoms with Crippen LogP contribution in [0.1, 0.15) is 24.2 Å². The molecule has 1 aliphatic heterocycles. The van der Waals surface area contributed by atoms with E-state index < -0.39 is 16.1 Å². The Hall–Kier alpha value is -2.33. The van der Waals surface area contributed by atoms with Gasteiger partial charge >= 0.3 is 0 Å². The minimum absolute atomic E-state index is 0.0108. The van der Waals surface area contributed by atoms with Crippen LogP contribution in [0.4, 0.5) is 5.69 Å². The molecule has 0 saturated carbocycles. The lowest BCUT2D eigenvalue weighted by molar-refractivity contribution is 0.0416. The molecular weight excluding hydrogens is 454 g/mol. The Labute approximate surface area is 193 Å². The molecule has 0 fully saturated rings. The van der Waals surface area contributed by atoms with Gasteiger partial charge in [0.1, 0.15) is 11.9 Å². The van der Waals surface area contributed by atoms with E-state index in [1.54, 1.807) is 24.0 Å². The highest BCUT2D eigenvalue weighted by atomic mass is 35.5. The molecule has 2 aromatic carbocycles. The standard InChI is InChI=1S/C22H28ClN3O5S/c1-14-12-26(15(2)13-27)22(28)19-10-17(6-9-20(19)31-21(14)11-24-3)25-32(29,30)18-7-4-16(23)5-8-18/h4-10,14-15,21,24-25,27H,11-13H2,1-3H3/t14-,15+,21-/m0/s1. The van der Waals surface area contributed by atoms with E-state index in [1.807, 2.05) is 14.0 Å². The first-order chi connectivity index (χ1) is 15.2. The summed E-state index contributed by atoms with van der Waals surface area (Å²) in [7, 11) is -2.05. The number of hydrogen-bond donors (Lipinski definition) is 3. The summed E-state index contributed by atoms with van der Waals surface area (Å²) >= 11 is 5.85. The molecule has 0 spiro atoms. The van der Waals surface area contributed by atoms with E-state index in [0.29, 0.717) is 23.9 Å². The molecule has 2 aromatic rings. The van der Waals surface area contributed by atoms with Gasteiger partial charge in [-0.15, -0.1) is 0 Å². The van der Waals surface area contributed by atoms with Gasteiger partial charge in [0.25, 0.3) is 15.9 Å².